The first-order valence-corrected chi connectivity index (χ1v) is 11.7. The van der Waals surface area contributed by atoms with Crippen LogP contribution in [0.25, 0.3) is 0 Å². The van der Waals surface area contributed by atoms with Gasteiger partial charge in [0, 0.05) is 18.6 Å². The van der Waals surface area contributed by atoms with Gasteiger partial charge >= 0.3 is 0 Å². The Morgan fingerprint density at radius 2 is 1.72 bits per heavy atom. The number of nitriles is 1. The fraction of sp³-hybridized carbons (Fsp3) is 0.286. The molecule has 0 aliphatic heterocycles. The number of nitrogens with zero attached hydrogens (tertiary/aromatic N) is 2. The summed E-state index contributed by atoms with van der Waals surface area (Å²) in [5, 5.41) is 10.6. The van der Waals surface area contributed by atoms with E-state index in [-0.39, 0.29) is 5.78 Å². The van der Waals surface area contributed by atoms with E-state index < -0.39 is 8.07 Å². The lowest BCUT2D eigenvalue weighted by Gasteiger charge is -2.35. The first-order valence-electron chi connectivity index (χ1n) is 8.63. The molecule has 1 unspecified atom stereocenters. The van der Waals surface area contributed by atoms with Crippen LogP contribution in [0.1, 0.15) is 24.8 Å². The molecule has 25 heavy (non-hydrogen) atoms. The lowest BCUT2D eigenvalue weighted by molar-refractivity contribution is -0.118. The highest BCUT2D eigenvalue weighted by molar-refractivity contribution is 6.91. The number of hydrogen-bond donors (Lipinski definition) is 0. The topological polar surface area (TPSA) is 53.2 Å². The molecule has 4 heteroatoms. The van der Waals surface area contributed by atoms with Gasteiger partial charge in [-0.1, -0.05) is 60.7 Å². The quantitative estimate of drug-likeness (QED) is 0.775. The van der Waals surface area contributed by atoms with Gasteiger partial charge in [0.1, 0.15) is 11.9 Å². The van der Waals surface area contributed by atoms with E-state index in [4.69, 9.17) is 4.99 Å². The van der Waals surface area contributed by atoms with E-state index in [0.717, 1.165) is 12.1 Å². The molecule has 3 rings (SSSR count). The van der Waals surface area contributed by atoms with Crippen molar-refractivity contribution in [1.29, 1.82) is 5.26 Å². The van der Waals surface area contributed by atoms with E-state index in [2.05, 4.69) is 43.4 Å². The fourth-order valence-electron chi connectivity index (χ4n) is 3.54. The standard InChI is InChI=1S/C21H22N2OSi/c1-25(2,19-9-4-3-5-10-19)20-13-17(12-18(24)14-20)23-21-11-7-6-8-16(21)15-22/h3-11,20H,12-14H2,1-2H3. The molecule has 0 saturated heterocycles. The van der Waals surface area contributed by atoms with Gasteiger partial charge in [-0.25, -0.2) is 0 Å². The molecular weight excluding hydrogens is 324 g/mol. The Balaban J connectivity index is 1.91. The Kier molecular flexibility index (Phi) is 4.96. The zero-order valence-corrected chi connectivity index (χ0v) is 15.7. The van der Waals surface area contributed by atoms with Crippen LogP contribution in [-0.4, -0.2) is 19.6 Å². The highest BCUT2D eigenvalue weighted by Gasteiger charge is 2.38. The van der Waals surface area contributed by atoms with Crippen LogP contribution in [0, 0.1) is 11.3 Å². The molecular formula is C21H22N2OSi. The third kappa shape index (κ3) is 3.78. The van der Waals surface area contributed by atoms with Crippen molar-refractivity contribution in [3.63, 3.8) is 0 Å². The zero-order chi connectivity index (χ0) is 17.9. The second-order valence-corrected chi connectivity index (χ2v) is 12.1. The number of ketones is 1. The van der Waals surface area contributed by atoms with Crippen LogP contribution in [-0.2, 0) is 4.79 Å². The number of carbonyl (C=O) groups excluding carboxylic acids is 1. The zero-order valence-electron chi connectivity index (χ0n) is 14.7. The van der Waals surface area contributed by atoms with Crippen molar-refractivity contribution in [2.24, 2.45) is 4.99 Å². The molecule has 2 aromatic carbocycles. The average Bonchev–Trinajstić information content (AvgIpc) is 2.62. The Labute approximate surface area is 150 Å². The number of carbonyl (C=O) groups is 1. The largest absolute Gasteiger partial charge is 0.299 e. The molecule has 1 saturated carbocycles. The summed E-state index contributed by atoms with van der Waals surface area (Å²) in [4.78, 5) is 17.1. The smallest absolute Gasteiger partial charge is 0.138 e. The summed E-state index contributed by atoms with van der Waals surface area (Å²) in [6.45, 7) is 4.68. The molecule has 1 fully saturated rings. The third-order valence-corrected chi connectivity index (χ3v) is 9.47. The maximum Gasteiger partial charge on any atom is 0.138 e. The molecule has 0 bridgehead atoms. The van der Waals surface area contributed by atoms with E-state index in [1.165, 1.54) is 5.19 Å². The van der Waals surface area contributed by atoms with Gasteiger partial charge in [-0.05, 0) is 24.1 Å². The van der Waals surface area contributed by atoms with Gasteiger partial charge in [-0.2, -0.15) is 5.26 Å². The highest BCUT2D eigenvalue weighted by Crippen LogP contribution is 2.35. The maximum absolute atomic E-state index is 12.4. The predicted octanol–water partition coefficient (Wildman–Crippen LogP) is 4.37. The maximum atomic E-state index is 12.4. The molecule has 2 aromatic rings. The van der Waals surface area contributed by atoms with Crippen LogP contribution >= 0.6 is 0 Å². The van der Waals surface area contributed by atoms with E-state index in [0.29, 0.717) is 29.6 Å². The van der Waals surface area contributed by atoms with Gasteiger partial charge in [0.05, 0.1) is 19.3 Å². The van der Waals surface area contributed by atoms with Crippen molar-refractivity contribution < 1.29 is 4.79 Å². The number of para-hydroxylation sites is 1. The first kappa shape index (κ1) is 17.3. The number of aliphatic imine (C=N–C) groups is 1. The third-order valence-electron chi connectivity index (χ3n) is 5.20. The molecule has 0 N–H and O–H groups in total. The highest BCUT2D eigenvalue weighted by atomic mass is 28.3. The van der Waals surface area contributed by atoms with Crippen LogP contribution in [0.15, 0.2) is 59.6 Å². The summed E-state index contributed by atoms with van der Waals surface area (Å²) in [6.07, 6.45) is 1.90. The van der Waals surface area contributed by atoms with Crippen molar-refractivity contribution >= 4 is 30.4 Å². The van der Waals surface area contributed by atoms with E-state index in [9.17, 15) is 10.1 Å². The monoisotopic (exact) mass is 346 g/mol. The molecule has 1 aliphatic carbocycles. The summed E-state index contributed by atoms with van der Waals surface area (Å²) in [7, 11) is -1.77. The molecule has 1 aliphatic rings. The van der Waals surface area contributed by atoms with E-state index in [1.54, 1.807) is 6.07 Å². The van der Waals surface area contributed by atoms with Gasteiger partial charge in [-0.15, -0.1) is 0 Å². The summed E-state index contributed by atoms with van der Waals surface area (Å²) in [6, 6.07) is 20.1. The van der Waals surface area contributed by atoms with E-state index >= 15 is 0 Å². The van der Waals surface area contributed by atoms with Gasteiger partial charge in [0.25, 0.3) is 0 Å². The van der Waals surface area contributed by atoms with Crippen molar-refractivity contribution in [2.45, 2.75) is 37.9 Å². The summed E-state index contributed by atoms with van der Waals surface area (Å²) in [5.41, 5.74) is 2.50. The number of Topliss-reactive ketones (excluding diaryl/α,β-unsaturated/α-hetero) is 1. The first-order chi connectivity index (χ1) is 12.0. The molecule has 0 aromatic heterocycles. The van der Waals surface area contributed by atoms with Crippen LogP contribution in [0.4, 0.5) is 5.69 Å². The minimum atomic E-state index is -1.77. The van der Waals surface area contributed by atoms with E-state index in [1.807, 2.05) is 24.3 Å². The Bertz CT molecular complexity index is 850. The molecule has 0 radical (unpaired) electrons. The second-order valence-electron chi connectivity index (χ2n) is 7.22. The Hall–Kier alpha value is -2.51. The summed E-state index contributed by atoms with van der Waals surface area (Å²) < 4.78 is 0. The summed E-state index contributed by atoms with van der Waals surface area (Å²) in [5.74, 6) is 0.265. The number of hydrogen-bond acceptors (Lipinski definition) is 3. The second kappa shape index (κ2) is 7.16. The Morgan fingerprint density at radius 3 is 2.44 bits per heavy atom. The number of rotatable bonds is 3. The minimum absolute atomic E-state index is 0.265. The van der Waals surface area contributed by atoms with Crippen LogP contribution in [0.2, 0.25) is 18.6 Å². The molecule has 0 amide bonds. The normalized spacial score (nSPS) is 19.6. The average molecular weight is 347 g/mol. The fourth-order valence-corrected chi connectivity index (χ4v) is 6.55. The molecule has 1 atom stereocenters. The lowest BCUT2D eigenvalue weighted by Crippen LogP contribution is -2.48. The van der Waals surface area contributed by atoms with Crippen LogP contribution in [0.3, 0.4) is 0 Å². The van der Waals surface area contributed by atoms with Gasteiger partial charge in [0.15, 0.2) is 0 Å². The predicted molar refractivity (Wildman–Crippen MR) is 104 cm³/mol. The molecule has 0 spiro atoms. The van der Waals surface area contributed by atoms with Gasteiger partial charge in [-0.3, -0.25) is 9.79 Å². The van der Waals surface area contributed by atoms with Crippen molar-refractivity contribution in [3.05, 3.63) is 60.2 Å². The van der Waals surface area contributed by atoms with Gasteiger partial charge in [0.2, 0.25) is 0 Å². The molecule has 126 valence electrons. The SMILES string of the molecule is C[Si](C)(c1ccccc1)C1CC(=O)CC(=Nc2ccccc2C#N)C1. The molecule has 3 nitrogen and oxygen atoms in total. The van der Waals surface area contributed by atoms with Crippen LogP contribution < -0.4 is 5.19 Å². The summed E-state index contributed by atoms with van der Waals surface area (Å²) >= 11 is 0. The number of benzene rings is 2. The Morgan fingerprint density at radius 1 is 1.04 bits per heavy atom. The van der Waals surface area contributed by atoms with Crippen molar-refractivity contribution in [1.82, 2.24) is 0 Å². The minimum Gasteiger partial charge on any atom is -0.299 e. The molecule has 0 heterocycles. The lowest BCUT2D eigenvalue weighted by atomic mass is 9.96. The van der Waals surface area contributed by atoms with Crippen molar-refractivity contribution in [2.75, 3.05) is 0 Å². The van der Waals surface area contributed by atoms with Gasteiger partial charge < -0.3 is 0 Å². The van der Waals surface area contributed by atoms with Crippen LogP contribution in [0.5, 0.6) is 0 Å². The van der Waals surface area contributed by atoms with Crippen molar-refractivity contribution in [3.8, 4) is 6.07 Å².